The largest absolute Gasteiger partial charge is 0.413 e. The van der Waals surface area contributed by atoms with Gasteiger partial charge in [-0.05, 0) is 105 Å². The van der Waals surface area contributed by atoms with Gasteiger partial charge in [0.2, 0.25) is 0 Å². The average molecular weight is 389 g/mol. The van der Waals surface area contributed by atoms with E-state index in [9.17, 15) is 0 Å². The van der Waals surface area contributed by atoms with E-state index in [-0.39, 0.29) is 0 Å². The molecule has 2 heteroatoms. The molecular formula is C25H44OSi. The Hall–Kier alpha value is -0.0831. The Kier molecular flexibility index (Phi) is 4.83. The maximum Gasteiger partial charge on any atom is 0.192 e. The van der Waals surface area contributed by atoms with Crippen LogP contribution in [0, 0.1) is 28.6 Å². The van der Waals surface area contributed by atoms with Crippen molar-refractivity contribution < 1.29 is 4.43 Å². The normalized spacial score (nSPS) is 44.9. The predicted octanol–water partition coefficient (Wildman–Crippen LogP) is 7.73. The van der Waals surface area contributed by atoms with Crippen molar-refractivity contribution in [2.45, 2.75) is 117 Å². The molecular weight excluding hydrogens is 344 g/mol. The molecule has 3 fully saturated rings. The van der Waals surface area contributed by atoms with E-state index in [0.29, 0.717) is 22.0 Å². The van der Waals surface area contributed by atoms with Crippen molar-refractivity contribution >= 4 is 8.32 Å². The lowest BCUT2D eigenvalue weighted by Crippen LogP contribution is -2.53. The first-order chi connectivity index (χ1) is 12.5. The van der Waals surface area contributed by atoms with Crippen LogP contribution in [-0.2, 0) is 4.43 Å². The fourth-order valence-electron chi connectivity index (χ4n) is 7.43. The van der Waals surface area contributed by atoms with Crippen molar-refractivity contribution in [2.75, 3.05) is 0 Å². The van der Waals surface area contributed by atoms with Gasteiger partial charge >= 0.3 is 0 Å². The minimum atomic E-state index is -1.69. The molecule has 4 aliphatic carbocycles. The lowest BCUT2D eigenvalue weighted by Gasteiger charge is -2.58. The summed E-state index contributed by atoms with van der Waals surface area (Å²) in [4.78, 5) is 0. The molecule has 0 spiro atoms. The molecule has 3 saturated carbocycles. The fourth-order valence-corrected chi connectivity index (χ4v) is 8.88. The van der Waals surface area contributed by atoms with E-state index in [2.05, 4.69) is 53.8 Å². The highest BCUT2D eigenvalue weighted by Crippen LogP contribution is 2.66. The Balaban J connectivity index is 1.57. The Labute approximate surface area is 169 Å². The highest BCUT2D eigenvalue weighted by Gasteiger charge is 2.60. The fraction of sp³-hybridized carbons (Fsp3) is 0.920. The van der Waals surface area contributed by atoms with Crippen LogP contribution in [0.4, 0.5) is 0 Å². The van der Waals surface area contributed by atoms with Gasteiger partial charge in [-0.2, -0.15) is 0 Å². The summed E-state index contributed by atoms with van der Waals surface area (Å²) >= 11 is 0. The number of allylic oxidation sites excluding steroid dienone is 2. The molecule has 0 aromatic rings. The minimum absolute atomic E-state index is 0.318. The van der Waals surface area contributed by atoms with Crippen LogP contribution in [0.15, 0.2) is 11.6 Å². The number of hydrogen-bond acceptors (Lipinski definition) is 1. The molecule has 4 aliphatic rings. The first-order valence-corrected chi connectivity index (χ1v) is 14.8. The van der Waals surface area contributed by atoms with Gasteiger partial charge in [0.1, 0.15) is 0 Å². The van der Waals surface area contributed by atoms with Crippen LogP contribution in [0.1, 0.15) is 92.4 Å². The molecule has 0 saturated heterocycles. The smallest absolute Gasteiger partial charge is 0.192 e. The van der Waals surface area contributed by atoms with E-state index in [1.807, 2.05) is 5.57 Å². The SMILES string of the molecule is CC(C)(C)[Si](C)(C)OC1CC[C@H]2[C@@H]3CCC4=CCCC[C@]4(C)[C@H]3CC[C@]12C. The van der Waals surface area contributed by atoms with Crippen molar-refractivity contribution in [3.05, 3.63) is 11.6 Å². The highest BCUT2D eigenvalue weighted by atomic mass is 28.4. The van der Waals surface area contributed by atoms with Crippen LogP contribution in [-0.4, -0.2) is 14.4 Å². The zero-order valence-corrected chi connectivity index (χ0v) is 20.2. The van der Waals surface area contributed by atoms with Gasteiger partial charge in [-0.25, -0.2) is 0 Å². The van der Waals surface area contributed by atoms with Crippen molar-refractivity contribution in [3.8, 4) is 0 Å². The van der Waals surface area contributed by atoms with Gasteiger partial charge in [0.05, 0.1) is 6.10 Å². The summed E-state index contributed by atoms with van der Waals surface area (Å²) in [5, 5.41) is 0.318. The Morgan fingerprint density at radius 3 is 2.44 bits per heavy atom. The molecule has 0 amide bonds. The maximum atomic E-state index is 7.07. The van der Waals surface area contributed by atoms with E-state index in [1.54, 1.807) is 0 Å². The van der Waals surface area contributed by atoms with E-state index in [4.69, 9.17) is 4.43 Å². The van der Waals surface area contributed by atoms with Gasteiger partial charge in [-0.3, -0.25) is 0 Å². The summed E-state index contributed by atoms with van der Waals surface area (Å²) in [6, 6.07) is 0. The van der Waals surface area contributed by atoms with E-state index in [0.717, 1.165) is 17.8 Å². The average Bonchev–Trinajstić information content (AvgIpc) is 2.89. The first-order valence-electron chi connectivity index (χ1n) is 11.9. The zero-order chi connectivity index (χ0) is 19.7. The lowest BCUT2D eigenvalue weighted by molar-refractivity contribution is -0.0701. The highest BCUT2D eigenvalue weighted by molar-refractivity contribution is 6.74. The van der Waals surface area contributed by atoms with Gasteiger partial charge in [-0.1, -0.05) is 46.3 Å². The molecule has 0 aromatic carbocycles. The summed E-state index contributed by atoms with van der Waals surface area (Å²) in [6.07, 6.45) is 15.8. The second kappa shape index (κ2) is 6.46. The molecule has 6 atom stereocenters. The van der Waals surface area contributed by atoms with Crippen LogP contribution in [0.2, 0.25) is 18.1 Å². The van der Waals surface area contributed by atoms with Crippen molar-refractivity contribution in [3.63, 3.8) is 0 Å². The zero-order valence-electron chi connectivity index (χ0n) is 19.2. The molecule has 0 heterocycles. The van der Waals surface area contributed by atoms with Gasteiger partial charge in [0.25, 0.3) is 0 Å². The maximum absolute atomic E-state index is 7.07. The van der Waals surface area contributed by atoms with Crippen molar-refractivity contribution in [1.29, 1.82) is 0 Å². The van der Waals surface area contributed by atoms with Gasteiger partial charge in [-0.15, -0.1) is 0 Å². The molecule has 0 aromatic heterocycles. The van der Waals surface area contributed by atoms with Gasteiger partial charge in [0, 0.05) is 0 Å². The third-order valence-corrected chi connectivity index (χ3v) is 14.7. The summed E-state index contributed by atoms with van der Waals surface area (Å²) in [5.41, 5.74) is 2.80. The topological polar surface area (TPSA) is 9.23 Å². The van der Waals surface area contributed by atoms with Gasteiger partial charge < -0.3 is 4.43 Å². The second-order valence-corrected chi connectivity index (χ2v) is 17.2. The first kappa shape index (κ1) is 20.2. The van der Waals surface area contributed by atoms with Crippen LogP contribution < -0.4 is 0 Å². The quantitative estimate of drug-likeness (QED) is 0.347. The molecule has 154 valence electrons. The van der Waals surface area contributed by atoms with Crippen LogP contribution in [0.5, 0.6) is 0 Å². The molecule has 4 rings (SSSR count). The van der Waals surface area contributed by atoms with E-state index >= 15 is 0 Å². The van der Waals surface area contributed by atoms with Crippen LogP contribution in [0.3, 0.4) is 0 Å². The van der Waals surface area contributed by atoms with Crippen LogP contribution in [0.25, 0.3) is 0 Å². The lowest BCUT2D eigenvalue weighted by atomic mass is 9.47. The third kappa shape index (κ3) is 3.03. The van der Waals surface area contributed by atoms with E-state index in [1.165, 1.54) is 57.8 Å². The van der Waals surface area contributed by atoms with Crippen LogP contribution >= 0.6 is 0 Å². The summed E-state index contributed by atoms with van der Waals surface area (Å²) in [7, 11) is -1.69. The summed E-state index contributed by atoms with van der Waals surface area (Å²) < 4.78 is 7.07. The second-order valence-electron chi connectivity index (χ2n) is 12.4. The molecule has 0 radical (unpaired) electrons. The molecule has 0 bridgehead atoms. The van der Waals surface area contributed by atoms with E-state index < -0.39 is 8.32 Å². The van der Waals surface area contributed by atoms with Crippen molar-refractivity contribution in [2.24, 2.45) is 28.6 Å². The molecule has 27 heavy (non-hydrogen) atoms. The predicted molar refractivity (Wildman–Crippen MR) is 118 cm³/mol. The number of fused-ring (bicyclic) bond motifs is 5. The Bertz CT molecular complexity index is 614. The Morgan fingerprint density at radius 2 is 1.74 bits per heavy atom. The monoisotopic (exact) mass is 388 g/mol. The number of hydrogen-bond donors (Lipinski definition) is 0. The van der Waals surface area contributed by atoms with Crippen molar-refractivity contribution in [1.82, 2.24) is 0 Å². The Morgan fingerprint density at radius 1 is 1.00 bits per heavy atom. The third-order valence-electron chi connectivity index (χ3n) is 10.2. The summed E-state index contributed by atoms with van der Waals surface area (Å²) in [6.45, 7) is 17.3. The van der Waals surface area contributed by atoms with Gasteiger partial charge in [0.15, 0.2) is 8.32 Å². The molecule has 1 unspecified atom stereocenters. The minimum Gasteiger partial charge on any atom is -0.413 e. The standard InChI is InChI=1S/C25H44OSi/c1-23(2,3)27(6,7)26-22-14-13-20-19-12-11-18-10-8-9-16-24(18,4)21(19)15-17-25(20,22)5/h10,19-22H,8-9,11-17H2,1-7H3/t19-,20-,21-,22?,24-,25-/m0/s1. The molecule has 1 nitrogen and oxygen atoms in total. The number of rotatable bonds is 2. The molecule has 0 N–H and O–H groups in total. The molecule has 0 aliphatic heterocycles. The summed E-state index contributed by atoms with van der Waals surface area (Å²) in [5.74, 6) is 2.81.